The highest BCUT2D eigenvalue weighted by Gasteiger charge is 2.41. The summed E-state index contributed by atoms with van der Waals surface area (Å²) in [6, 6.07) is 7.62. The molecule has 17 heavy (non-hydrogen) atoms. The van der Waals surface area contributed by atoms with Crippen molar-refractivity contribution in [2.24, 2.45) is 0 Å². The molecule has 3 nitrogen and oxygen atoms in total. The molecule has 0 aliphatic carbocycles. The van der Waals surface area contributed by atoms with Gasteiger partial charge >= 0.3 is 5.97 Å². The highest BCUT2D eigenvalue weighted by Crippen LogP contribution is 2.34. The predicted octanol–water partition coefficient (Wildman–Crippen LogP) is 2.58. The summed E-state index contributed by atoms with van der Waals surface area (Å²) in [5.41, 5.74) is 0.205. The van der Waals surface area contributed by atoms with Gasteiger partial charge in [-0.05, 0) is 43.6 Å². The number of aliphatic carboxylic acids is 1. The second kappa shape index (κ2) is 5.85. The molecule has 1 fully saturated rings. The van der Waals surface area contributed by atoms with Gasteiger partial charge in [-0.15, -0.1) is 12.4 Å². The fraction of sp³-hybridized carbons (Fsp3) is 0.417. The molecule has 2 rings (SSSR count). The summed E-state index contributed by atoms with van der Waals surface area (Å²) >= 11 is 3.36. The monoisotopic (exact) mass is 319 g/mol. The van der Waals surface area contributed by atoms with E-state index in [0.717, 1.165) is 23.1 Å². The van der Waals surface area contributed by atoms with Gasteiger partial charge < -0.3 is 10.4 Å². The number of carbonyl (C=O) groups is 1. The lowest BCUT2D eigenvalue weighted by Crippen LogP contribution is -2.45. The van der Waals surface area contributed by atoms with Crippen LogP contribution in [0, 0.1) is 0 Å². The Labute approximate surface area is 115 Å². The van der Waals surface area contributed by atoms with Crippen LogP contribution in [0.15, 0.2) is 28.7 Å². The van der Waals surface area contributed by atoms with Crippen molar-refractivity contribution >= 4 is 34.3 Å². The molecule has 0 amide bonds. The van der Waals surface area contributed by atoms with Crippen molar-refractivity contribution in [1.29, 1.82) is 0 Å². The third-order valence-electron chi connectivity index (χ3n) is 3.26. The van der Waals surface area contributed by atoms with E-state index in [2.05, 4.69) is 21.2 Å². The predicted molar refractivity (Wildman–Crippen MR) is 72.8 cm³/mol. The molecule has 5 heteroatoms. The van der Waals surface area contributed by atoms with Crippen LogP contribution in [0.5, 0.6) is 0 Å². The lowest BCUT2D eigenvalue weighted by Gasteiger charge is -2.34. The minimum atomic E-state index is -0.712. The summed E-state index contributed by atoms with van der Waals surface area (Å²) in [4.78, 5) is 11.5. The molecule has 1 heterocycles. The van der Waals surface area contributed by atoms with Crippen molar-refractivity contribution in [1.82, 2.24) is 5.32 Å². The maximum Gasteiger partial charge on any atom is 0.314 e. The average Bonchev–Trinajstić information content (AvgIpc) is 2.30. The zero-order chi connectivity index (χ0) is 11.6. The molecular weight excluding hydrogens is 305 g/mol. The van der Waals surface area contributed by atoms with Crippen LogP contribution in [0.2, 0.25) is 0 Å². The van der Waals surface area contributed by atoms with E-state index in [9.17, 15) is 9.90 Å². The minimum Gasteiger partial charge on any atom is -0.481 e. The smallest absolute Gasteiger partial charge is 0.314 e. The van der Waals surface area contributed by atoms with Crippen LogP contribution in [-0.4, -0.2) is 24.2 Å². The molecule has 0 aromatic heterocycles. The van der Waals surface area contributed by atoms with E-state index in [1.807, 2.05) is 24.3 Å². The Hall–Kier alpha value is -0.580. The van der Waals surface area contributed by atoms with E-state index in [-0.39, 0.29) is 12.4 Å². The first-order valence-corrected chi connectivity index (χ1v) is 6.15. The molecule has 94 valence electrons. The van der Waals surface area contributed by atoms with E-state index in [1.54, 1.807) is 0 Å². The van der Waals surface area contributed by atoms with E-state index < -0.39 is 11.4 Å². The molecule has 0 radical (unpaired) electrons. The Morgan fingerprint density at radius 3 is 2.24 bits per heavy atom. The summed E-state index contributed by atoms with van der Waals surface area (Å²) in [5, 5.41) is 12.7. The second-order valence-corrected chi connectivity index (χ2v) is 5.06. The Morgan fingerprint density at radius 1 is 1.24 bits per heavy atom. The van der Waals surface area contributed by atoms with Gasteiger partial charge in [0.25, 0.3) is 0 Å². The lowest BCUT2D eigenvalue weighted by molar-refractivity contribution is -0.145. The van der Waals surface area contributed by atoms with Gasteiger partial charge in [-0.2, -0.15) is 0 Å². The van der Waals surface area contributed by atoms with Crippen LogP contribution >= 0.6 is 28.3 Å². The number of carboxylic acid groups (broad SMARTS) is 1. The number of hydrogen-bond donors (Lipinski definition) is 2. The second-order valence-electron chi connectivity index (χ2n) is 4.14. The van der Waals surface area contributed by atoms with Crippen LogP contribution in [0.3, 0.4) is 0 Å². The molecule has 1 aliphatic heterocycles. The SMILES string of the molecule is Cl.O=C(O)C1(c2ccc(Br)cc2)CCNCC1. The molecule has 0 unspecified atom stereocenters. The van der Waals surface area contributed by atoms with Crippen molar-refractivity contribution < 1.29 is 9.90 Å². The highest BCUT2D eigenvalue weighted by atomic mass is 79.9. The molecule has 1 aliphatic rings. The fourth-order valence-electron chi connectivity index (χ4n) is 2.25. The van der Waals surface area contributed by atoms with E-state index >= 15 is 0 Å². The van der Waals surface area contributed by atoms with E-state index in [4.69, 9.17) is 0 Å². The van der Waals surface area contributed by atoms with Crippen molar-refractivity contribution in [3.8, 4) is 0 Å². The standard InChI is InChI=1S/C12H14BrNO2.ClH/c13-10-3-1-9(2-4-10)12(11(15)16)5-7-14-8-6-12;/h1-4,14H,5-8H2,(H,15,16);1H. The molecule has 2 N–H and O–H groups in total. The molecule has 1 aromatic rings. The number of carboxylic acids is 1. The maximum absolute atomic E-state index is 11.5. The summed E-state index contributed by atoms with van der Waals surface area (Å²) < 4.78 is 0.978. The number of halogens is 2. The number of hydrogen-bond acceptors (Lipinski definition) is 2. The van der Waals surface area contributed by atoms with Crippen LogP contribution in [0.1, 0.15) is 18.4 Å². The zero-order valence-corrected chi connectivity index (χ0v) is 11.7. The Kier molecular flexibility index (Phi) is 4.98. The first kappa shape index (κ1) is 14.5. The number of benzene rings is 1. The van der Waals surface area contributed by atoms with Crippen LogP contribution in [-0.2, 0) is 10.2 Å². The molecule has 0 atom stereocenters. The third kappa shape index (κ3) is 2.81. The molecule has 0 spiro atoms. The summed E-state index contributed by atoms with van der Waals surface area (Å²) in [6.45, 7) is 1.53. The topological polar surface area (TPSA) is 49.3 Å². The van der Waals surface area contributed by atoms with Crippen molar-refractivity contribution in [3.63, 3.8) is 0 Å². The van der Waals surface area contributed by atoms with Crippen LogP contribution in [0.4, 0.5) is 0 Å². The average molecular weight is 321 g/mol. The Balaban J connectivity index is 0.00000144. The van der Waals surface area contributed by atoms with Crippen molar-refractivity contribution in [2.45, 2.75) is 18.3 Å². The van der Waals surface area contributed by atoms with Gasteiger partial charge in [0.15, 0.2) is 0 Å². The third-order valence-corrected chi connectivity index (χ3v) is 3.79. The van der Waals surface area contributed by atoms with Gasteiger partial charge in [0.1, 0.15) is 0 Å². The van der Waals surface area contributed by atoms with Crippen LogP contribution < -0.4 is 5.32 Å². The minimum absolute atomic E-state index is 0. The fourth-order valence-corrected chi connectivity index (χ4v) is 2.51. The maximum atomic E-state index is 11.5. The van der Waals surface area contributed by atoms with Crippen molar-refractivity contribution in [3.05, 3.63) is 34.3 Å². The van der Waals surface area contributed by atoms with E-state index in [0.29, 0.717) is 12.8 Å². The van der Waals surface area contributed by atoms with Gasteiger partial charge in [0.2, 0.25) is 0 Å². The summed E-state index contributed by atoms with van der Waals surface area (Å²) in [7, 11) is 0. The zero-order valence-electron chi connectivity index (χ0n) is 9.28. The van der Waals surface area contributed by atoms with Gasteiger partial charge in [0, 0.05) is 4.47 Å². The lowest BCUT2D eigenvalue weighted by atomic mass is 9.73. The number of rotatable bonds is 2. The summed E-state index contributed by atoms with van der Waals surface area (Å²) in [6.07, 6.45) is 1.31. The molecule has 0 saturated carbocycles. The molecule has 0 bridgehead atoms. The first-order valence-electron chi connectivity index (χ1n) is 5.35. The Morgan fingerprint density at radius 2 is 1.76 bits per heavy atom. The number of nitrogens with one attached hydrogen (secondary N) is 1. The van der Waals surface area contributed by atoms with Gasteiger partial charge in [-0.25, -0.2) is 0 Å². The van der Waals surface area contributed by atoms with E-state index in [1.165, 1.54) is 0 Å². The molecule has 1 aromatic carbocycles. The van der Waals surface area contributed by atoms with Crippen LogP contribution in [0.25, 0.3) is 0 Å². The first-order chi connectivity index (χ1) is 7.65. The quantitative estimate of drug-likeness (QED) is 0.880. The van der Waals surface area contributed by atoms with Gasteiger partial charge in [-0.1, -0.05) is 28.1 Å². The number of piperidine rings is 1. The molecular formula is C12H15BrClNO2. The van der Waals surface area contributed by atoms with Gasteiger partial charge in [0.05, 0.1) is 5.41 Å². The highest BCUT2D eigenvalue weighted by molar-refractivity contribution is 9.10. The van der Waals surface area contributed by atoms with Crippen molar-refractivity contribution in [2.75, 3.05) is 13.1 Å². The molecule has 1 saturated heterocycles. The van der Waals surface area contributed by atoms with Gasteiger partial charge in [-0.3, -0.25) is 4.79 Å². The largest absolute Gasteiger partial charge is 0.481 e. The normalized spacial score (nSPS) is 18.2. The Bertz CT molecular complexity index is 388. The summed E-state index contributed by atoms with van der Waals surface area (Å²) in [5.74, 6) is -0.712.